The summed E-state index contributed by atoms with van der Waals surface area (Å²) in [6.45, 7) is 6.54. The molecule has 6 heteroatoms. The van der Waals surface area contributed by atoms with Gasteiger partial charge in [-0.15, -0.1) is 0 Å². The van der Waals surface area contributed by atoms with Crippen LogP contribution in [0.1, 0.15) is 39.5 Å². The molecule has 1 fully saturated rings. The van der Waals surface area contributed by atoms with Gasteiger partial charge in [-0.05, 0) is 25.7 Å². The Morgan fingerprint density at radius 3 is 2.23 bits per heavy atom. The minimum absolute atomic E-state index is 0.135. The van der Waals surface area contributed by atoms with Gasteiger partial charge in [0.2, 0.25) is 0 Å². The van der Waals surface area contributed by atoms with Crippen molar-refractivity contribution in [3.63, 3.8) is 0 Å². The number of carbonyl (C=O) groups is 2. The molecule has 0 aromatic rings. The minimum Gasteiger partial charge on any atom is -0.481 e. The third-order valence-corrected chi connectivity index (χ3v) is 3.82. The fraction of sp³-hybridized carbons (Fsp3) is 0.688. The third kappa shape index (κ3) is 5.06. The topological polar surface area (TPSA) is 84.6 Å². The Bertz CT molecular complexity index is 454. The average molecular weight is 307 g/mol. The van der Waals surface area contributed by atoms with Crippen LogP contribution in [-0.4, -0.2) is 53.0 Å². The van der Waals surface area contributed by atoms with Crippen LogP contribution in [0.4, 0.5) is 0 Å². The van der Waals surface area contributed by atoms with Gasteiger partial charge in [0.1, 0.15) is 11.6 Å². The highest BCUT2D eigenvalue weighted by Crippen LogP contribution is 2.19. The second kappa shape index (κ2) is 9.08. The van der Waals surface area contributed by atoms with Gasteiger partial charge < -0.3 is 14.9 Å². The van der Waals surface area contributed by atoms with Gasteiger partial charge in [0.15, 0.2) is 0 Å². The lowest BCUT2D eigenvalue weighted by Crippen LogP contribution is -2.41. The average Bonchev–Trinajstić information content (AvgIpc) is 2.52. The lowest BCUT2D eigenvalue weighted by molar-refractivity contribution is -0.145. The van der Waals surface area contributed by atoms with Crippen LogP contribution in [0.3, 0.4) is 0 Å². The Morgan fingerprint density at radius 1 is 1.27 bits per heavy atom. The van der Waals surface area contributed by atoms with E-state index in [1.54, 1.807) is 11.1 Å². The molecule has 1 saturated heterocycles. The number of carbonyl (C=O) groups excluding carboxylic acids is 1. The van der Waals surface area contributed by atoms with E-state index in [4.69, 9.17) is 5.11 Å². The number of piperidine rings is 1. The van der Waals surface area contributed by atoms with Crippen LogP contribution in [0.15, 0.2) is 11.8 Å². The number of nitrogens with zero attached hydrogens (tertiary/aromatic N) is 3. The second-order valence-electron chi connectivity index (χ2n) is 5.60. The van der Waals surface area contributed by atoms with Gasteiger partial charge in [0, 0.05) is 32.4 Å². The standard InChI is InChI=1S/C16H25N3O3/c1-3-7-18(8-4-2)12-14(11-17)15(20)19-9-5-13(6-10-19)16(21)22/h12-13H,3-10H2,1-2H3,(H,21,22)/b14-12-. The molecule has 0 aliphatic carbocycles. The highest BCUT2D eigenvalue weighted by atomic mass is 16.4. The first-order chi connectivity index (χ1) is 10.5. The molecule has 1 rings (SSSR count). The van der Waals surface area contributed by atoms with Gasteiger partial charge >= 0.3 is 5.97 Å². The van der Waals surface area contributed by atoms with Gasteiger partial charge in [-0.25, -0.2) is 0 Å². The summed E-state index contributed by atoms with van der Waals surface area (Å²) >= 11 is 0. The van der Waals surface area contributed by atoms with Gasteiger partial charge in [0.25, 0.3) is 5.91 Å². The van der Waals surface area contributed by atoms with Crippen molar-refractivity contribution < 1.29 is 14.7 Å². The quantitative estimate of drug-likeness (QED) is 0.573. The van der Waals surface area contributed by atoms with E-state index < -0.39 is 5.97 Å². The first-order valence-corrected chi connectivity index (χ1v) is 7.91. The summed E-state index contributed by atoms with van der Waals surface area (Å²) in [6, 6.07) is 1.99. The molecule has 0 atom stereocenters. The lowest BCUT2D eigenvalue weighted by atomic mass is 9.97. The van der Waals surface area contributed by atoms with Crippen LogP contribution in [0.25, 0.3) is 0 Å². The smallest absolute Gasteiger partial charge is 0.306 e. The van der Waals surface area contributed by atoms with E-state index in [0.29, 0.717) is 25.9 Å². The summed E-state index contributed by atoms with van der Waals surface area (Å²) in [5.41, 5.74) is 0.135. The zero-order chi connectivity index (χ0) is 16.5. The van der Waals surface area contributed by atoms with Gasteiger partial charge in [-0.3, -0.25) is 9.59 Å². The Morgan fingerprint density at radius 2 is 1.82 bits per heavy atom. The van der Waals surface area contributed by atoms with Crippen LogP contribution >= 0.6 is 0 Å². The first-order valence-electron chi connectivity index (χ1n) is 7.91. The second-order valence-corrected chi connectivity index (χ2v) is 5.60. The molecule has 1 aliphatic rings. The summed E-state index contributed by atoms with van der Waals surface area (Å²) in [6.07, 6.45) is 4.46. The van der Waals surface area contributed by atoms with Crippen LogP contribution < -0.4 is 0 Å². The number of aliphatic carboxylic acids is 1. The van der Waals surface area contributed by atoms with Crippen LogP contribution in [0.2, 0.25) is 0 Å². The maximum atomic E-state index is 12.4. The highest BCUT2D eigenvalue weighted by molar-refractivity contribution is 5.97. The summed E-state index contributed by atoms with van der Waals surface area (Å²) < 4.78 is 0. The van der Waals surface area contributed by atoms with E-state index in [2.05, 4.69) is 13.8 Å². The molecule has 0 bridgehead atoms. The summed E-state index contributed by atoms with van der Waals surface area (Å²) in [5, 5.41) is 18.2. The molecule has 0 unspecified atom stereocenters. The number of hydrogen-bond acceptors (Lipinski definition) is 4. The maximum Gasteiger partial charge on any atom is 0.306 e. The van der Waals surface area contributed by atoms with E-state index in [-0.39, 0.29) is 17.4 Å². The van der Waals surface area contributed by atoms with Gasteiger partial charge in [0.05, 0.1) is 5.92 Å². The number of likely N-dealkylation sites (tertiary alicyclic amines) is 1. The molecule has 0 aromatic heterocycles. The van der Waals surface area contributed by atoms with Crippen molar-refractivity contribution in [1.82, 2.24) is 9.80 Å². The molecule has 0 radical (unpaired) electrons. The highest BCUT2D eigenvalue weighted by Gasteiger charge is 2.28. The van der Waals surface area contributed by atoms with Crippen molar-refractivity contribution in [1.29, 1.82) is 5.26 Å². The lowest BCUT2D eigenvalue weighted by Gasteiger charge is -2.30. The SMILES string of the molecule is CCCN(/C=C(/C#N)C(=O)N1CCC(C(=O)O)CC1)CCC. The van der Waals surface area contributed by atoms with Gasteiger partial charge in [-0.2, -0.15) is 5.26 Å². The van der Waals surface area contributed by atoms with Crippen molar-refractivity contribution in [2.75, 3.05) is 26.2 Å². The zero-order valence-electron chi connectivity index (χ0n) is 13.4. The monoisotopic (exact) mass is 307 g/mol. The van der Waals surface area contributed by atoms with E-state index in [1.807, 2.05) is 11.0 Å². The number of rotatable bonds is 7. The number of amides is 1. The molecule has 6 nitrogen and oxygen atoms in total. The van der Waals surface area contributed by atoms with E-state index in [1.165, 1.54) is 0 Å². The number of hydrogen-bond donors (Lipinski definition) is 1. The predicted molar refractivity (Wildman–Crippen MR) is 82.8 cm³/mol. The molecule has 122 valence electrons. The molecule has 1 N–H and O–H groups in total. The molecular formula is C16H25N3O3. The van der Waals surface area contributed by atoms with Crippen molar-refractivity contribution in [3.8, 4) is 6.07 Å². The molecule has 1 aliphatic heterocycles. The minimum atomic E-state index is -0.805. The largest absolute Gasteiger partial charge is 0.481 e. The Hall–Kier alpha value is -2.03. The zero-order valence-corrected chi connectivity index (χ0v) is 13.4. The molecule has 1 amide bonds. The fourth-order valence-electron chi connectivity index (χ4n) is 2.63. The molecule has 0 spiro atoms. The van der Waals surface area contributed by atoms with Crippen LogP contribution in [0, 0.1) is 17.2 Å². The Kier molecular flexibility index (Phi) is 7.44. The molecular weight excluding hydrogens is 282 g/mol. The summed E-state index contributed by atoms with van der Waals surface area (Å²) in [5.74, 6) is -1.47. The predicted octanol–water partition coefficient (Wildman–Crippen LogP) is 1.84. The van der Waals surface area contributed by atoms with E-state index >= 15 is 0 Å². The summed E-state index contributed by atoms with van der Waals surface area (Å²) in [4.78, 5) is 26.9. The third-order valence-electron chi connectivity index (χ3n) is 3.82. The number of carboxylic acids is 1. The first kappa shape index (κ1) is 18.0. The van der Waals surface area contributed by atoms with E-state index in [0.717, 1.165) is 25.9 Å². The molecule has 1 heterocycles. The summed E-state index contributed by atoms with van der Waals surface area (Å²) in [7, 11) is 0. The molecule has 0 aromatic carbocycles. The maximum absolute atomic E-state index is 12.4. The van der Waals surface area contributed by atoms with Crippen molar-refractivity contribution >= 4 is 11.9 Å². The number of nitriles is 1. The normalized spacial score (nSPS) is 16.2. The van der Waals surface area contributed by atoms with E-state index in [9.17, 15) is 14.9 Å². The Labute approximate surface area is 132 Å². The molecule has 22 heavy (non-hydrogen) atoms. The van der Waals surface area contributed by atoms with Gasteiger partial charge in [-0.1, -0.05) is 13.8 Å². The van der Waals surface area contributed by atoms with Crippen molar-refractivity contribution in [2.24, 2.45) is 5.92 Å². The number of carboxylic acid groups (broad SMARTS) is 1. The fourth-order valence-corrected chi connectivity index (χ4v) is 2.63. The van der Waals surface area contributed by atoms with Crippen LogP contribution in [0.5, 0.6) is 0 Å². The van der Waals surface area contributed by atoms with Crippen molar-refractivity contribution in [3.05, 3.63) is 11.8 Å². The van der Waals surface area contributed by atoms with Crippen molar-refractivity contribution in [2.45, 2.75) is 39.5 Å². The molecule has 0 saturated carbocycles. The van der Waals surface area contributed by atoms with Crippen LogP contribution in [-0.2, 0) is 9.59 Å². The Balaban J connectivity index is 2.72.